The maximum atomic E-state index is 12.8. The second kappa shape index (κ2) is 9.56. The number of carbonyl (C=O) groups is 3. The third-order valence-corrected chi connectivity index (χ3v) is 5.82. The Kier molecular flexibility index (Phi) is 7.00. The van der Waals surface area contributed by atoms with E-state index in [2.05, 4.69) is 60.3 Å². The molecule has 3 N–H and O–H groups in total. The van der Waals surface area contributed by atoms with E-state index < -0.39 is 24.2 Å². The summed E-state index contributed by atoms with van der Waals surface area (Å²) in [5, 5.41) is 21.0. The van der Waals surface area contributed by atoms with E-state index in [1.54, 1.807) is 4.90 Å². The number of amides is 2. The maximum Gasteiger partial charge on any atom is 0.322 e. The highest BCUT2D eigenvalue weighted by Crippen LogP contribution is 2.31. The third kappa shape index (κ3) is 5.85. The van der Waals surface area contributed by atoms with Crippen LogP contribution in [0.1, 0.15) is 72.7 Å². The highest BCUT2D eigenvalue weighted by atomic mass is 16.4. The van der Waals surface area contributed by atoms with Crippen molar-refractivity contribution in [3.8, 4) is 5.75 Å². The van der Waals surface area contributed by atoms with Crippen molar-refractivity contribution in [1.29, 1.82) is 0 Å². The van der Waals surface area contributed by atoms with Gasteiger partial charge in [-0.25, -0.2) is 9.97 Å². The number of carboxylic acids is 1. The molecule has 0 spiro atoms. The number of nitrogens with one attached hydrogen (secondary N) is 1. The van der Waals surface area contributed by atoms with Crippen LogP contribution in [0.3, 0.4) is 0 Å². The van der Waals surface area contributed by atoms with E-state index in [0.29, 0.717) is 13.0 Å². The second-order valence-corrected chi connectivity index (χ2v) is 9.38. The lowest BCUT2D eigenvalue weighted by Crippen LogP contribution is -2.38. The summed E-state index contributed by atoms with van der Waals surface area (Å²) in [6.07, 6.45) is 1.17. The molecule has 1 saturated heterocycles. The van der Waals surface area contributed by atoms with Crippen LogP contribution in [0.5, 0.6) is 5.75 Å². The van der Waals surface area contributed by atoms with Crippen molar-refractivity contribution in [3.05, 3.63) is 52.6 Å². The average molecular weight is 455 g/mol. The van der Waals surface area contributed by atoms with Crippen LogP contribution >= 0.6 is 0 Å². The van der Waals surface area contributed by atoms with Gasteiger partial charge >= 0.3 is 5.97 Å². The van der Waals surface area contributed by atoms with Gasteiger partial charge in [-0.1, -0.05) is 45.0 Å². The highest BCUT2D eigenvalue weighted by molar-refractivity contribution is 5.96. The van der Waals surface area contributed by atoms with E-state index in [9.17, 15) is 19.5 Å². The van der Waals surface area contributed by atoms with Crippen molar-refractivity contribution in [2.45, 2.75) is 58.4 Å². The Labute approximate surface area is 192 Å². The minimum Gasteiger partial charge on any atom is -0.504 e. The molecular formula is C24H30N4O5. The van der Waals surface area contributed by atoms with Gasteiger partial charge in [-0.15, -0.1) is 0 Å². The number of aliphatic carboxylic acids is 1. The molecule has 1 aromatic heterocycles. The molecule has 0 saturated carbocycles. The Morgan fingerprint density at radius 1 is 1.18 bits per heavy atom. The first kappa shape index (κ1) is 24.2. The van der Waals surface area contributed by atoms with Gasteiger partial charge in [-0.05, 0) is 35.8 Å². The molecule has 9 nitrogen and oxygen atoms in total. The van der Waals surface area contributed by atoms with Crippen molar-refractivity contribution in [1.82, 2.24) is 20.2 Å². The van der Waals surface area contributed by atoms with Crippen molar-refractivity contribution < 1.29 is 24.6 Å². The summed E-state index contributed by atoms with van der Waals surface area (Å²) in [5.74, 6) is -2.11. The van der Waals surface area contributed by atoms with Crippen LogP contribution in [0.15, 0.2) is 24.3 Å². The van der Waals surface area contributed by atoms with Gasteiger partial charge in [0.15, 0.2) is 11.4 Å². The molecule has 2 aromatic rings. The fraction of sp³-hybridized carbons (Fsp3) is 0.458. The van der Waals surface area contributed by atoms with Crippen LogP contribution < -0.4 is 5.32 Å². The molecule has 1 aromatic carbocycles. The molecule has 2 amide bonds. The lowest BCUT2D eigenvalue weighted by atomic mass is 9.83. The number of aromatic nitrogens is 2. The number of benzene rings is 1. The Hall–Kier alpha value is -3.49. The smallest absolute Gasteiger partial charge is 0.322 e. The summed E-state index contributed by atoms with van der Waals surface area (Å²) in [7, 11) is 0. The van der Waals surface area contributed by atoms with Crippen molar-refractivity contribution in [2.75, 3.05) is 13.1 Å². The quantitative estimate of drug-likeness (QED) is 0.611. The van der Waals surface area contributed by atoms with Crippen molar-refractivity contribution in [3.63, 3.8) is 0 Å². The standard InChI is InChI=1S/C24H30N4O5/c1-14-22(32)21(23(33)25-12-20(30)31)27-18(26-14)13-28-10-9-16(11-19(28)29)15-5-7-17(8-6-15)24(2,3)4/h5-8,16,32H,9-13H2,1-4H3,(H,25,33)(H,30,31). The number of likely N-dealkylation sites (tertiary alicyclic amines) is 1. The molecule has 176 valence electrons. The summed E-state index contributed by atoms with van der Waals surface area (Å²) in [4.78, 5) is 45.7. The van der Waals surface area contributed by atoms with E-state index in [4.69, 9.17) is 5.11 Å². The zero-order valence-corrected chi connectivity index (χ0v) is 19.4. The second-order valence-electron chi connectivity index (χ2n) is 9.38. The van der Waals surface area contributed by atoms with Gasteiger partial charge in [0.25, 0.3) is 5.91 Å². The fourth-order valence-electron chi connectivity index (χ4n) is 3.85. The van der Waals surface area contributed by atoms with Gasteiger partial charge in [-0.3, -0.25) is 14.4 Å². The molecule has 33 heavy (non-hydrogen) atoms. The molecule has 0 aliphatic carbocycles. The molecule has 0 bridgehead atoms. The predicted octanol–water partition coefficient (Wildman–Crippen LogP) is 2.51. The minimum absolute atomic E-state index is 0.0302. The topological polar surface area (TPSA) is 133 Å². The number of piperidine rings is 1. The van der Waals surface area contributed by atoms with Crippen LogP contribution in [0, 0.1) is 6.92 Å². The number of rotatable bonds is 6. The van der Waals surface area contributed by atoms with Gasteiger partial charge in [0, 0.05) is 13.0 Å². The van der Waals surface area contributed by atoms with E-state index >= 15 is 0 Å². The van der Waals surface area contributed by atoms with Gasteiger partial charge in [-0.2, -0.15) is 0 Å². The van der Waals surface area contributed by atoms with Crippen molar-refractivity contribution >= 4 is 17.8 Å². The summed E-state index contributed by atoms with van der Waals surface area (Å²) in [6.45, 7) is 8.04. The zero-order chi connectivity index (χ0) is 24.3. The molecule has 3 rings (SSSR count). The summed E-state index contributed by atoms with van der Waals surface area (Å²) < 4.78 is 0. The predicted molar refractivity (Wildman–Crippen MR) is 121 cm³/mol. The first-order valence-corrected chi connectivity index (χ1v) is 10.9. The Morgan fingerprint density at radius 3 is 2.42 bits per heavy atom. The average Bonchev–Trinajstić information content (AvgIpc) is 2.75. The number of aryl methyl sites for hydroxylation is 1. The third-order valence-electron chi connectivity index (χ3n) is 5.82. The van der Waals surface area contributed by atoms with Crippen LogP contribution in [0.2, 0.25) is 0 Å². The molecule has 9 heteroatoms. The fourth-order valence-corrected chi connectivity index (χ4v) is 3.85. The van der Waals surface area contributed by atoms with E-state index in [1.807, 2.05) is 0 Å². The molecule has 1 aliphatic heterocycles. The Bertz CT molecular complexity index is 1060. The molecule has 1 atom stereocenters. The van der Waals surface area contributed by atoms with Gasteiger partial charge in [0.05, 0.1) is 12.2 Å². The van der Waals surface area contributed by atoms with E-state index in [1.165, 1.54) is 12.5 Å². The van der Waals surface area contributed by atoms with Gasteiger partial charge in [0.2, 0.25) is 5.91 Å². The zero-order valence-electron chi connectivity index (χ0n) is 19.4. The number of carbonyl (C=O) groups excluding carboxylic acids is 2. The molecule has 1 aliphatic rings. The summed E-state index contributed by atoms with van der Waals surface area (Å²) in [5.41, 5.74) is 2.34. The van der Waals surface area contributed by atoms with Crippen LogP contribution in [-0.4, -0.2) is 56.0 Å². The molecule has 1 unspecified atom stereocenters. The lowest BCUT2D eigenvalue weighted by Gasteiger charge is -2.32. The first-order valence-electron chi connectivity index (χ1n) is 10.9. The SMILES string of the molecule is Cc1nc(CN2CCC(c3ccc(C(C)(C)C)cc3)CC2=O)nc(C(=O)NCC(=O)O)c1O. The number of aromatic hydroxyl groups is 1. The largest absolute Gasteiger partial charge is 0.504 e. The van der Waals surface area contributed by atoms with Gasteiger partial charge in [0.1, 0.15) is 12.4 Å². The van der Waals surface area contributed by atoms with Crippen LogP contribution in [0.25, 0.3) is 0 Å². The van der Waals surface area contributed by atoms with Crippen LogP contribution in [-0.2, 0) is 21.5 Å². The van der Waals surface area contributed by atoms with Crippen molar-refractivity contribution in [2.24, 2.45) is 0 Å². The highest BCUT2D eigenvalue weighted by Gasteiger charge is 2.28. The first-order chi connectivity index (χ1) is 15.5. The number of carboxylic acid groups (broad SMARTS) is 1. The number of hydrogen-bond donors (Lipinski definition) is 3. The monoisotopic (exact) mass is 454 g/mol. The van der Waals surface area contributed by atoms with E-state index in [-0.39, 0.29) is 41.0 Å². The Morgan fingerprint density at radius 2 is 1.85 bits per heavy atom. The minimum atomic E-state index is -1.21. The Balaban J connectivity index is 1.68. The number of nitrogens with zero attached hydrogens (tertiary/aromatic N) is 3. The summed E-state index contributed by atoms with van der Waals surface area (Å²) >= 11 is 0. The van der Waals surface area contributed by atoms with Gasteiger partial charge < -0.3 is 20.4 Å². The maximum absolute atomic E-state index is 12.8. The molecule has 2 heterocycles. The molecule has 0 radical (unpaired) electrons. The summed E-state index contributed by atoms with van der Waals surface area (Å²) in [6, 6.07) is 8.44. The molecule has 1 fully saturated rings. The van der Waals surface area contributed by atoms with E-state index in [0.717, 1.165) is 12.0 Å². The number of hydrogen-bond acceptors (Lipinski definition) is 6. The molecular weight excluding hydrogens is 424 g/mol. The van der Waals surface area contributed by atoms with Crippen LogP contribution in [0.4, 0.5) is 0 Å². The lowest BCUT2D eigenvalue weighted by molar-refractivity contribution is -0.136. The normalized spacial score (nSPS) is 16.5.